The van der Waals surface area contributed by atoms with E-state index in [4.69, 9.17) is 9.94 Å². The highest BCUT2D eigenvalue weighted by Gasteiger charge is 2.40. The molecule has 0 bridgehead atoms. The van der Waals surface area contributed by atoms with E-state index >= 15 is 0 Å². The molecular weight excluding hydrogens is 502 g/mol. The van der Waals surface area contributed by atoms with E-state index < -0.39 is 41.6 Å². The molecule has 2 atom stereocenters. The molecule has 1 aliphatic heterocycles. The third-order valence-electron chi connectivity index (χ3n) is 7.57. The lowest BCUT2D eigenvalue weighted by molar-refractivity contribution is -0.203. The van der Waals surface area contributed by atoms with Crippen LogP contribution in [-0.2, 0) is 28.8 Å². The van der Waals surface area contributed by atoms with E-state index in [0.29, 0.717) is 24.3 Å². The summed E-state index contributed by atoms with van der Waals surface area (Å²) >= 11 is 0. The SMILES string of the molecule is CCCCCCCCCCCC(CCCCCCCCCCC(=O)O)[C@@H](C(=O)O)C(=O)ON1C(=O)CCC1=O. The van der Waals surface area contributed by atoms with E-state index in [1.54, 1.807) is 0 Å². The summed E-state index contributed by atoms with van der Waals surface area (Å²) in [6, 6.07) is 0. The molecule has 1 aliphatic rings. The molecule has 9 heteroatoms. The summed E-state index contributed by atoms with van der Waals surface area (Å²) in [6.07, 6.45) is 19.0. The Morgan fingerprint density at radius 2 is 1.10 bits per heavy atom. The number of carboxylic acids is 2. The van der Waals surface area contributed by atoms with Crippen LogP contribution in [-0.4, -0.2) is 45.0 Å². The van der Waals surface area contributed by atoms with E-state index in [1.807, 2.05) is 0 Å². The third kappa shape index (κ3) is 15.7. The second kappa shape index (κ2) is 21.4. The van der Waals surface area contributed by atoms with Gasteiger partial charge in [0.2, 0.25) is 0 Å². The molecule has 39 heavy (non-hydrogen) atoms. The second-order valence-electron chi connectivity index (χ2n) is 10.9. The molecule has 1 rings (SSSR count). The first-order chi connectivity index (χ1) is 18.8. The fraction of sp³-hybridized carbons (Fsp3) is 0.833. The van der Waals surface area contributed by atoms with Crippen LogP contribution in [0, 0.1) is 11.8 Å². The fourth-order valence-corrected chi connectivity index (χ4v) is 5.24. The minimum absolute atomic E-state index is 0.0364. The molecule has 0 radical (unpaired) electrons. The van der Waals surface area contributed by atoms with E-state index in [2.05, 4.69) is 6.92 Å². The first-order valence-corrected chi connectivity index (χ1v) is 15.3. The van der Waals surface area contributed by atoms with Crippen molar-refractivity contribution < 1.29 is 39.0 Å². The zero-order valence-electron chi connectivity index (χ0n) is 24.0. The van der Waals surface area contributed by atoms with Crippen molar-refractivity contribution in [1.29, 1.82) is 0 Å². The van der Waals surface area contributed by atoms with E-state index in [0.717, 1.165) is 70.6 Å². The normalized spacial score (nSPS) is 14.9. The van der Waals surface area contributed by atoms with Gasteiger partial charge in [0.15, 0.2) is 5.92 Å². The number of nitrogens with zero attached hydrogens (tertiary/aromatic N) is 1. The summed E-state index contributed by atoms with van der Waals surface area (Å²) in [5, 5.41) is 19.0. The number of amides is 2. The van der Waals surface area contributed by atoms with Gasteiger partial charge in [0, 0.05) is 19.3 Å². The first-order valence-electron chi connectivity index (χ1n) is 15.3. The molecule has 1 heterocycles. The Kier molecular flexibility index (Phi) is 19.0. The lowest BCUT2D eigenvalue weighted by atomic mass is 9.83. The average Bonchev–Trinajstić information content (AvgIpc) is 3.20. The monoisotopic (exact) mass is 553 g/mol. The fourth-order valence-electron chi connectivity index (χ4n) is 5.24. The van der Waals surface area contributed by atoms with Crippen molar-refractivity contribution in [2.45, 2.75) is 148 Å². The number of carbonyl (C=O) groups is 5. The highest BCUT2D eigenvalue weighted by Crippen LogP contribution is 2.29. The molecule has 2 N–H and O–H groups in total. The summed E-state index contributed by atoms with van der Waals surface area (Å²) in [6.45, 7) is 2.20. The number of rotatable bonds is 25. The largest absolute Gasteiger partial charge is 0.481 e. The predicted molar refractivity (Wildman–Crippen MR) is 147 cm³/mol. The Balaban J connectivity index is 2.54. The van der Waals surface area contributed by atoms with Crippen LogP contribution in [0.3, 0.4) is 0 Å². The maximum absolute atomic E-state index is 12.9. The van der Waals surface area contributed by atoms with Crippen molar-refractivity contribution in [3.63, 3.8) is 0 Å². The number of hydroxylamine groups is 2. The van der Waals surface area contributed by atoms with Crippen molar-refractivity contribution in [2.24, 2.45) is 11.8 Å². The van der Waals surface area contributed by atoms with Crippen molar-refractivity contribution in [2.75, 3.05) is 0 Å². The molecule has 0 aromatic heterocycles. The van der Waals surface area contributed by atoms with Gasteiger partial charge in [-0.25, -0.2) is 4.79 Å². The molecule has 0 aromatic carbocycles. The van der Waals surface area contributed by atoms with Gasteiger partial charge in [-0.3, -0.25) is 19.2 Å². The van der Waals surface area contributed by atoms with Crippen LogP contribution in [0.5, 0.6) is 0 Å². The highest BCUT2D eigenvalue weighted by molar-refractivity contribution is 6.02. The second-order valence-corrected chi connectivity index (χ2v) is 10.9. The van der Waals surface area contributed by atoms with Gasteiger partial charge in [-0.1, -0.05) is 110 Å². The van der Waals surface area contributed by atoms with Gasteiger partial charge in [-0.05, 0) is 25.2 Å². The van der Waals surface area contributed by atoms with E-state index in [9.17, 15) is 29.1 Å². The van der Waals surface area contributed by atoms with Crippen LogP contribution in [0.1, 0.15) is 148 Å². The summed E-state index contributed by atoms with van der Waals surface area (Å²) in [4.78, 5) is 64.3. The van der Waals surface area contributed by atoms with Crippen molar-refractivity contribution in [3.05, 3.63) is 0 Å². The van der Waals surface area contributed by atoms with Crippen LogP contribution in [0.4, 0.5) is 0 Å². The summed E-state index contributed by atoms with van der Waals surface area (Å²) in [5.41, 5.74) is 0. The third-order valence-corrected chi connectivity index (χ3v) is 7.57. The van der Waals surface area contributed by atoms with Crippen LogP contribution in [0.15, 0.2) is 0 Å². The first kappa shape index (κ1) is 34.6. The van der Waals surface area contributed by atoms with Crippen molar-refractivity contribution in [3.8, 4) is 0 Å². The summed E-state index contributed by atoms with van der Waals surface area (Å²) in [5.74, 6) is -6.12. The van der Waals surface area contributed by atoms with Gasteiger partial charge in [-0.15, -0.1) is 5.06 Å². The van der Waals surface area contributed by atoms with Gasteiger partial charge in [0.05, 0.1) is 0 Å². The summed E-state index contributed by atoms with van der Waals surface area (Å²) in [7, 11) is 0. The predicted octanol–water partition coefficient (Wildman–Crippen LogP) is 6.82. The van der Waals surface area contributed by atoms with Gasteiger partial charge in [0.1, 0.15) is 0 Å². The zero-order valence-corrected chi connectivity index (χ0v) is 24.0. The van der Waals surface area contributed by atoms with Crippen LogP contribution in [0.25, 0.3) is 0 Å². The number of hydrogen-bond acceptors (Lipinski definition) is 6. The van der Waals surface area contributed by atoms with Crippen LogP contribution < -0.4 is 0 Å². The minimum Gasteiger partial charge on any atom is -0.481 e. The Bertz CT molecular complexity index is 737. The van der Waals surface area contributed by atoms with Crippen LogP contribution >= 0.6 is 0 Å². The molecule has 0 spiro atoms. The van der Waals surface area contributed by atoms with E-state index in [-0.39, 0.29) is 19.3 Å². The summed E-state index contributed by atoms with van der Waals surface area (Å²) < 4.78 is 0. The Hall–Kier alpha value is -2.45. The lowest BCUT2D eigenvalue weighted by Crippen LogP contribution is -2.39. The Labute approximate surface area is 234 Å². The number of unbranched alkanes of at least 4 members (excludes halogenated alkanes) is 15. The zero-order chi connectivity index (χ0) is 28.9. The number of carbonyl (C=O) groups excluding carboxylic acids is 3. The smallest absolute Gasteiger partial charge is 0.347 e. The quantitative estimate of drug-likeness (QED) is 0.0713. The molecule has 224 valence electrons. The number of imide groups is 1. The number of carboxylic acid groups (broad SMARTS) is 2. The van der Waals surface area contributed by atoms with Crippen molar-refractivity contribution in [1.82, 2.24) is 5.06 Å². The molecule has 1 saturated heterocycles. The minimum atomic E-state index is -1.41. The van der Waals surface area contributed by atoms with Gasteiger partial charge >= 0.3 is 17.9 Å². The van der Waals surface area contributed by atoms with E-state index in [1.165, 1.54) is 32.1 Å². The van der Waals surface area contributed by atoms with Crippen molar-refractivity contribution >= 4 is 29.7 Å². The molecule has 1 unspecified atom stereocenters. The van der Waals surface area contributed by atoms with Gasteiger partial charge < -0.3 is 15.1 Å². The van der Waals surface area contributed by atoms with Crippen LogP contribution in [0.2, 0.25) is 0 Å². The van der Waals surface area contributed by atoms with Gasteiger partial charge in [-0.2, -0.15) is 0 Å². The Morgan fingerprint density at radius 1 is 0.692 bits per heavy atom. The lowest BCUT2D eigenvalue weighted by Gasteiger charge is -2.24. The molecule has 1 fully saturated rings. The number of aliphatic carboxylic acids is 2. The highest BCUT2D eigenvalue weighted by atomic mass is 16.7. The molecule has 0 aromatic rings. The molecule has 0 aliphatic carbocycles. The average molecular weight is 554 g/mol. The maximum atomic E-state index is 12.9. The topological polar surface area (TPSA) is 138 Å². The molecular formula is C30H51NO8. The number of hydrogen-bond donors (Lipinski definition) is 2. The molecule has 2 amide bonds. The maximum Gasteiger partial charge on any atom is 0.347 e. The molecule has 0 saturated carbocycles. The molecule has 9 nitrogen and oxygen atoms in total. The standard InChI is InChI=1S/C30H51NO8/c1-2-3-4-5-6-7-10-13-16-19-24(20-17-14-11-8-9-12-15-18-21-27(34)35)28(29(36)37)30(38)39-31-25(32)22-23-26(31)33/h24,28H,2-23H2,1H3,(H,34,35)(H,36,37)/t24?,28-/m0/s1. The Morgan fingerprint density at radius 3 is 1.51 bits per heavy atom. The van der Waals surface area contributed by atoms with Gasteiger partial charge in [0.25, 0.3) is 11.8 Å².